The third-order valence-corrected chi connectivity index (χ3v) is 5.89. The van der Waals surface area contributed by atoms with Gasteiger partial charge in [-0.2, -0.15) is 0 Å². The first-order chi connectivity index (χ1) is 15.0. The summed E-state index contributed by atoms with van der Waals surface area (Å²) in [6.45, 7) is 2.00. The summed E-state index contributed by atoms with van der Waals surface area (Å²) in [5, 5.41) is 6.55. The van der Waals surface area contributed by atoms with Crippen molar-refractivity contribution in [3.05, 3.63) is 83.4 Å². The van der Waals surface area contributed by atoms with Gasteiger partial charge in [0.2, 0.25) is 5.95 Å². The monoisotopic (exact) mass is 427 g/mol. The number of aromatic nitrogens is 2. The van der Waals surface area contributed by atoms with E-state index < -0.39 is 0 Å². The number of aryl methyl sites for hydroxylation is 2. The van der Waals surface area contributed by atoms with Crippen LogP contribution in [0.2, 0.25) is 5.02 Å². The lowest BCUT2D eigenvalue weighted by Gasteiger charge is -2.14. The topological polar surface area (TPSA) is 39.1 Å². The SMILES string of the molecule is COc1cc(Cl)cc(C)c1Nc1nc2cccc(-c3ccc4ccccc4c3)c2n1C. The molecule has 0 saturated carbocycles. The molecule has 0 spiro atoms. The second kappa shape index (κ2) is 7.64. The Hall–Kier alpha value is -3.50. The number of rotatable bonds is 4. The molecular weight excluding hydrogens is 406 g/mol. The Kier molecular flexibility index (Phi) is 4.79. The van der Waals surface area contributed by atoms with Gasteiger partial charge in [0.05, 0.1) is 23.8 Å². The molecule has 5 heteroatoms. The van der Waals surface area contributed by atoms with E-state index in [1.165, 1.54) is 16.3 Å². The summed E-state index contributed by atoms with van der Waals surface area (Å²) in [5.41, 5.74) is 6.17. The average Bonchev–Trinajstić information content (AvgIpc) is 3.10. The number of imidazole rings is 1. The molecular formula is C26H22ClN3O. The van der Waals surface area contributed by atoms with E-state index in [1.807, 2.05) is 26.1 Å². The quantitative estimate of drug-likeness (QED) is 0.332. The van der Waals surface area contributed by atoms with Gasteiger partial charge in [0, 0.05) is 23.7 Å². The fourth-order valence-electron chi connectivity index (χ4n) is 4.12. The van der Waals surface area contributed by atoms with Crippen molar-refractivity contribution in [2.75, 3.05) is 12.4 Å². The molecule has 0 radical (unpaired) electrons. The molecule has 0 amide bonds. The minimum atomic E-state index is 0.642. The molecule has 0 unspecified atom stereocenters. The molecule has 1 aromatic heterocycles. The van der Waals surface area contributed by atoms with Gasteiger partial charge in [-0.3, -0.25) is 0 Å². The Labute approximate surface area is 186 Å². The number of ether oxygens (including phenoxy) is 1. The highest BCUT2D eigenvalue weighted by Crippen LogP contribution is 2.36. The van der Waals surface area contributed by atoms with E-state index in [1.54, 1.807) is 13.2 Å². The molecule has 1 N–H and O–H groups in total. The van der Waals surface area contributed by atoms with E-state index in [0.29, 0.717) is 10.8 Å². The standard InChI is InChI=1S/C26H22ClN3O/c1-16-13-20(27)15-23(31-3)24(16)29-26-28-22-10-6-9-21(25(22)30(26)2)19-12-11-17-7-4-5-8-18(17)14-19/h4-15H,1-3H3,(H,28,29). The Morgan fingerprint density at radius 2 is 1.74 bits per heavy atom. The highest BCUT2D eigenvalue weighted by molar-refractivity contribution is 6.31. The summed E-state index contributed by atoms with van der Waals surface area (Å²) in [6.07, 6.45) is 0. The molecule has 1 heterocycles. The zero-order valence-corrected chi connectivity index (χ0v) is 18.4. The van der Waals surface area contributed by atoms with E-state index in [2.05, 4.69) is 64.5 Å². The maximum absolute atomic E-state index is 6.20. The van der Waals surface area contributed by atoms with Crippen molar-refractivity contribution in [1.82, 2.24) is 9.55 Å². The van der Waals surface area contributed by atoms with E-state index in [4.69, 9.17) is 21.3 Å². The predicted molar refractivity (Wildman–Crippen MR) is 130 cm³/mol. The lowest BCUT2D eigenvalue weighted by Crippen LogP contribution is -2.03. The van der Waals surface area contributed by atoms with Crippen LogP contribution < -0.4 is 10.1 Å². The van der Waals surface area contributed by atoms with Crippen LogP contribution in [0.1, 0.15) is 5.56 Å². The number of anilines is 2. The fraction of sp³-hybridized carbons (Fsp3) is 0.115. The van der Waals surface area contributed by atoms with Crippen molar-refractivity contribution in [2.45, 2.75) is 6.92 Å². The van der Waals surface area contributed by atoms with Crippen molar-refractivity contribution >= 4 is 45.0 Å². The number of nitrogens with zero attached hydrogens (tertiary/aromatic N) is 2. The first kappa shape index (κ1) is 19.5. The molecule has 4 nitrogen and oxygen atoms in total. The number of nitrogens with one attached hydrogen (secondary N) is 1. The molecule has 0 saturated heterocycles. The molecule has 0 aliphatic carbocycles. The van der Waals surface area contributed by atoms with Gasteiger partial charge in [-0.25, -0.2) is 4.98 Å². The van der Waals surface area contributed by atoms with Crippen LogP contribution >= 0.6 is 11.6 Å². The second-order valence-electron chi connectivity index (χ2n) is 7.65. The Balaban J connectivity index is 1.64. The number of fused-ring (bicyclic) bond motifs is 2. The normalized spacial score (nSPS) is 11.2. The van der Waals surface area contributed by atoms with Crippen LogP contribution in [0.4, 0.5) is 11.6 Å². The number of para-hydroxylation sites is 1. The van der Waals surface area contributed by atoms with Crippen LogP contribution in [0.25, 0.3) is 32.9 Å². The highest BCUT2D eigenvalue weighted by atomic mass is 35.5. The zero-order chi connectivity index (χ0) is 21.5. The van der Waals surface area contributed by atoms with E-state index in [-0.39, 0.29) is 0 Å². The molecule has 0 fully saturated rings. The lowest BCUT2D eigenvalue weighted by molar-refractivity contribution is 0.416. The highest BCUT2D eigenvalue weighted by Gasteiger charge is 2.16. The molecule has 0 aliphatic heterocycles. The van der Waals surface area contributed by atoms with Crippen molar-refractivity contribution in [2.24, 2.45) is 7.05 Å². The third-order valence-electron chi connectivity index (χ3n) is 5.68. The maximum Gasteiger partial charge on any atom is 0.208 e. The smallest absolute Gasteiger partial charge is 0.208 e. The van der Waals surface area contributed by atoms with Gasteiger partial charge in [0.25, 0.3) is 0 Å². The molecule has 154 valence electrons. The van der Waals surface area contributed by atoms with Crippen molar-refractivity contribution in [3.8, 4) is 16.9 Å². The molecule has 0 atom stereocenters. The van der Waals surface area contributed by atoms with Gasteiger partial charge in [-0.1, -0.05) is 60.1 Å². The Bertz CT molecular complexity index is 1440. The average molecular weight is 428 g/mol. The predicted octanol–water partition coefficient (Wildman–Crippen LogP) is 7.11. The Morgan fingerprint density at radius 3 is 2.55 bits per heavy atom. The van der Waals surface area contributed by atoms with E-state index in [0.717, 1.165) is 33.8 Å². The van der Waals surface area contributed by atoms with Crippen molar-refractivity contribution in [1.29, 1.82) is 0 Å². The number of hydrogen-bond acceptors (Lipinski definition) is 3. The van der Waals surface area contributed by atoms with Gasteiger partial charge in [0.1, 0.15) is 5.75 Å². The minimum absolute atomic E-state index is 0.642. The van der Waals surface area contributed by atoms with Crippen molar-refractivity contribution in [3.63, 3.8) is 0 Å². The van der Waals surface area contributed by atoms with Crippen LogP contribution in [0, 0.1) is 6.92 Å². The van der Waals surface area contributed by atoms with Crippen LogP contribution in [-0.4, -0.2) is 16.7 Å². The van der Waals surface area contributed by atoms with Gasteiger partial charge in [-0.15, -0.1) is 0 Å². The molecule has 5 aromatic rings. The van der Waals surface area contributed by atoms with Crippen LogP contribution in [0.3, 0.4) is 0 Å². The molecule has 0 aliphatic rings. The first-order valence-corrected chi connectivity index (χ1v) is 10.5. The summed E-state index contributed by atoms with van der Waals surface area (Å²) < 4.78 is 7.63. The van der Waals surface area contributed by atoms with Gasteiger partial charge >= 0.3 is 0 Å². The van der Waals surface area contributed by atoms with Gasteiger partial charge in [-0.05, 0) is 47.0 Å². The summed E-state index contributed by atoms with van der Waals surface area (Å²) in [5.74, 6) is 1.43. The maximum atomic E-state index is 6.20. The third kappa shape index (κ3) is 3.39. The minimum Gasteiger partial charge on any atom is -0.495 e. The van der Waals surface area contributed by atoms with E-state index in [9.17, 15) is 0 Å². The number of benzene rings is 4. The summed E-state index contributed by atoms with van der Waals surface area (Å²) >= 11 is 6.20. The van der Waals surface area contributed by atoms with Crippen LogP contribution in [0.5, 0.6) is 5.75 Å². The van der Waals surface area contributed by atoms with E-state index >= 15 is 0 Å². The summed E-state index contributed by atoms with van der Waals surface area (Å²) in [4.78, 5) is 4.86. The summed E-state index contributed by atoms with van der Waals surface area (Å²) in [6, 6.07) is 24.9. The van der Waals surface area contributed by atoms with Crippen LogP contribution in [0.15, 0.2) is 72.8 Å². The number of hydrogen-bond donors (Lipinski definition) is 1. The molecule has 5 rings (SSSR count). The lowest BCUT2D eigenvalue weighted by atomic mass is 10.00. The first-order valence-electron chi connectivity index (χ1n) is 10.1. The second-order valence-corrected chi connectivity index (χ2v) is 8.09. The van der Waals surface area contributed by atoms with Crippen LogP contribution in [-0.2, 0) is 7.05 Å². The number of halogens is 1. The number of methoxy groups -OCH3 is 1. The molecule has 31 heavy (non-hydrogen) atoms. The largest absolute Gasteiger partial charge is 0.495 e. The van der Waals surface area contributed by atoms with Gasteiger partial charge in [0.15, 0.2) is 0 Å². The zero-order valence-electron chi connectivity index (χ0n) is 17.6. The molecule has 4 aromatic carbocycles. The van der Waals surface area contributed by atoms with Crippen molar-refractivity contribution < 1.29 is 4.74 Å². The van der Waals surface area contributed by atoms with Gasteiger partial charge < -0.3 is 14.6 Å². The summed E-state index contributed by atoms with van der Waals surface area (Å²) in [7, 11) is 3.67. The fourth-order valence-corrected chi connectivity index (χ4v) is 4.38. The molecule has 0 bridgehead atoms. The Morgan fingerprint density at radius 1 is 0.935 bits per heavy atom.